The van der Waals surface area contributed by atoms with Crippen LogP contribution in [0.25, 0.3) is 0 Å². The number of carboxylic acids is 1. The van der Waals surface area contributed by atoms with Crippen molar-refractivity contribution in [2.45, 2.75) is 38.0 Å². The molecule has 25 heavy (non-hydrogen) atoms. The summed E-state index contributed by atoms with van der Waals surface area (Å²) in [6, 6.07) is 7.31. The van der Waals surface area contributed by atoms with Crippen LogP contribution in [0.4, 0.5) is 5.69 Å². The second kappa shape index (κ2) is 5.30. The molecule has 5 heteroatoms. The van der Waals surface area contributed by atoms with E-state index < -0.39 is 29.5 Å². The molecule has 0 aliphatic carbocycles. The van der Waals surface area contributed by atoms with Crippen LogP contribution in [0.15, 0.2) is 48.6 Å². The average Bonchev–Trinajstić information content (AvgIpc) is 3.18. The second-order valence-electron chi connectivity index (χ2n) is 7.29. The van der Waals surface area contributed by atoms with Crippen molar-refractivity contribution in [3.63, 3.8) is 0 Å². The summed E-state index contributed by atoms with van der Waals surface area (Å²) in [4.78, 5) is 26.7. The number of carbonyl (C=O) groups is 2. The van der Waals surface area contributed by atoms with Crippen molar-refractivity contribution in [3.8, 4) is 0 Å². The number of ether oxygens (including phenoxy) is 1. The predicted molar refractivity (Wildman–Crippen MR) is 90.6 cm³/mol. The summed E-state index contributed by atoms with van der Waals surface area (Å²) < 4.78 is 6.10. The Morgan fingerprint density at radius 1 is 1.40 bits per heavy atom. The van der Waals surface area contributed by atoms with Crippen molar-refractivity contribution >= 4 is 17.6 Å². The van der Waals surface area contributed by atoms with Crippen LogP contribution in [-0.4, -0.2) is 29.6 Å². The minimum Gasteiger partial charge on any atom is -0.550 e. The van der Waals surface area contributed by atoms with E-state index in [2.05, 4.69) is 6.58 Å². The summed E-state index contributed by atoms with van der Waals surface area (Å²) in [7, 11) is 0. The topological polar surface area (TPSA) is 69.7 Å². The number of carbonyl (C=O) groups excluding carboxylic acids is 2. The Morgan fingerprint density at radius 3 is 2.76 bits per heavy atom. The standard InChI is InChI=1S/C20H21NO4/c1-11(2)10-15-20-9-8-14(25-20)16(19(23)24)17(20)18(22)21(15)13-7-5-4-6-12(13)3/h4-9,14-17H,1,10H2,2-3H3,(H,23,24)/p-1/t14-,15+,16-,17+,20+/m0/s1. The lowest BCUT2D eigenvalue weighted by molar-refractivity contribution is -0.313. The van der Waals surface area contributed by atoms with Gasteiger partial charge in [-0.2, -0.15) is 0 Å². The van der Waals surface area contributed by atoms with Gasteiger partial charge in [-0.25, -0.2) is 0 Å². The first-order valence-electron chi connectivity index (χ1n) is 8.48. The van der Waals surface area contributed by atoms with Gasteiger partial charge in [0, 0.05) is 17.6 Å². The number of carboxylic acid groups (broad SMARTS) is 1. The van der Waals surface area contributed by atoms with Crippen molar-refractivity contribution in [3.05, 3.63) is 54.1 Å². The van der Waals surface area contributed by atoms with Gasteiger partial charge >= 0.3 is 0 Å². The Bertz CT molecular complexity index is 814. The zero-order valence-corrected chi connectivity index (χ0v) is 14.3. The highest BCUT2D eigenvalue weighted by atomic mass is 16.5. The molecule has 130 valence electrons. The van der Waals surface area contributed by atoms with E-state index in [9.17, 15) is 14.7 Å². The first-order chi connectivity index (χ1) is 11.9. The smallest absolute Gasteiger partial charge is 0.234 e. The number of benzene rings is 1. The molecule has 2 saturated heterocycles. The van der Waals surface area contributed by atoms with Gasteiger partial charge in [0.25, 0.3) is 0 Å². The monoisotopic (exact) mass is 338 g/mol. The van der Waals surface area contributed by atoms with Gasteiger partial charge in [0.05, 0.1) is 18.1 Å². The van der Waals surface area contributed by atoms with E-state index >= 15 is 0 Å². The molecule has 1 aromatic rings. The molecule has 1 spiro atoms. The van der Waals surface area contributed by atoms with Gasteiger partial charge in [-0.3, -0.25) is 4.79 Å². The molecule has 0 N–H and O–H groups in total. The van der Waals surface area contributed by atoms with E-state index in [4.69, 9.17) is 4.74 Å². The molecule has 5 nitrogen and oxygen atoms in total. The average molecular weight is 338 g/mol. The molecule has 0 saturated carbocycles. The lowest BCUT2D eigenvalue weighted by Gasteiger charge is -2.34. The largest absolute Gasteiger partial charge is 0.550 e. The molecule has 5 atom stereocenters. The van der Waals surface area contributed by atoms with E-state index in [1.807, 2.05) is 44.2 Å². The lowest BCUT2D eigenvalue weighted by atomic mass is 9.74. The maximum absolute atomic E-state index is 13.3. The lowest BCUT2D eigenvalue weighted by Crippen LogP contribution is -2.46. The van der Waals surface area contributed by atoms with Crippen LogP contribution < -0.4 is 10.0 Å². The van der Waals surface area contributed by atoms with E-state index in [-0.39, 0.29) is 11.9 Å². The Kier molecular flexibility index (Phi) is 3.41. The Labute approximate surface area is 146 Å². The minimum atomic E-state index is -1.23. The number of amides is 1. The van der Waals surface area contributed by atoms with Gasteiger partial charge in [0.1, 0.15) is 5.60 Å². The minimum absolute atomic E-state index is 0.207. The third-order valence-electron chi connectivity index (χ3n) is 5.61. The van der Waals surface area contributed by atoms with Gasteiger partial charge in [0.2, 0.25) is 5.91 Å². The second-order valence-corrected chi connectivity index (χ2v) is 7.29. The molecule has 3 aliphatic rings. The van der Waals surface area contributed by atoms with Crippen LogP contribution in [0, 0.1) is 18.8 Å². The molecule has 0 unspecified atom stereocenters. The predicted octanol–water partition coefficient (Wildman–Crippen LogP) is 1.37. The summed E-state index contributed by atoms with van der Waals surface area (Å²) in [5.74, 6) is -3.13. The van der Waals surface area contributed by atoms with Crippen LogP contribution in [0.1, 0.15) is 18.9 Å². The molecular formula is C20H20NO4-. The number of rotatable bonds is 4. The number of hydrogen-bond donors (Lipinski definition) is 0. The summed E-state index contributed by atoms with van der Waals surface area (Å²) in [5.41, 5.74) is 1.75. The van der Waals surface area contributed by atoms with Crippen molar-refractivity contribution in [1.29, 1.82) is 0 Å². The molecule has 3 heterocycles. The normalized spacial score (nSPS) is 35.3. The number of anilines is 1. The van der Waals surface area contributed by atoms with Crippen molar-refractivity contribution < 1.29 is 19.4 Å². The Balaban J connectivity index is 1.87. The van der Waals surface area contributed by atoms with E-state index in [0.717, 1.165) is 16.8 Å². The van der Waals surface area contributed by atoms with Crippen LogP contribution in [-0.2, 0) is 14.3 Å². The van der Waals surface area contributed by atoms with Gasteiger partial charge in [-0.1, -0.05) is 35.9 Å². The maximum Gasteiger partial charge on any atom is 0.234 e. The zero-order valence-electron chi connectivity index (χ0n) is 14.3. The number of para-hydroxylation sites is 1. The van der Waals surface area contributed by atoms with Crippen molar-refractivity contribution in [1.82, 2.24) is 0 Å². The molecule has 0 aromatic heterocycles. The molecule has 3 aliphatic heterocycles. The summed E-state index contributed by atoms with van der Waals surface area (Å²) in [6.07, 6.45) is 3.60. The molecule has 1 aromatic carbocycles. The van der Waals surface area contributed by atoms with Crippen molar-refractivity contribution in [2.24, 2.45) is 11.8 Å². The molecular weight excluding hydrogens is 318 g/mol. The van der Waals surface area contributed by atoms with Crippen LogP contribution in [0.5, 0.6) is 0 Å². The van der Waals surface area contributed by atoms with Gasteiger partial charge in [0.15, 0.2) is 0 Å². The maximum atomic E-state index is 13.3. The molecule has 0 radical (unpaired) electrons. The number of aryl methyl sites for hydroxylation is 1. The van der Waals surface area contributed by atoms with Gasteiger partial charge < -0.3 is 19.5 Å². The zero-order chi connectivity index (χ0) is 17.9. The fourth-order valence-electron chi connectivity index (χ4n) is 4.62. The Hall–Kier alpha value is -2.40. The third-order valence-corrected chi connectivity index (χ3v) is 5.61. The summed E-state index contributed by atoms with van der Waals surface area (Å²) >= 11 is 0. The third kappa shape index (κ3) is 2.05. The highest BCUT2D eigenvalue weighted by Crippen LogP contribution is 2.56. The molecule has 2 bridgehead atoms. The number of hydrogen-bond acceptors (Lipinski definition) is 4. The van der Waals surface area contributed by atoms with E-state index in [1.54, 1.807) is 11.0 Å². The summed E-state index contributed by atoms with van der Waals surface area (Å²) in [5, 5.41) is 11.7. The van der Waals surface area contributed by atoms with Gasteiger partial charge in [-0.05, 0) is 31.9 Å². The number of nitrogens with zero attached hydrogens (tertiary/aromatic N) is 1. The fourth-order valence-corrected chi connectivity index (χ4v) is 4.62. The van der Waals surface area contributed by atoms with Crippen LogP contribution >= 0.6 is 0 Å². The molecule has 4 rings (SSSR count). The quantitative estimate of drug-likeness (QED) is 0.778. The van der Waals surface area contributed by atoms with E-state index in [0.29, 0.717) is 6.42 Å². The van der Waals surface area contributed by atoms with Crippen LogP contribution in [0.3, 0.4) is 0 Å². The van der Waals surface area contributed by atoms with Crippen molar-refractivity contribution in [2.75, 3.05) is 4.90 Å². The SMILES string of the molecule is C=C(C)C[C@H]1N(c2ccccc2C)C(=O)[C@H]2[C@@H](C(=O)[O-])[C@@H]3C=C[C@]21O3. The highest BCUT2D eigenvalue weighted by molar-refractivity contribution is 6.03. The van der Waals surface area contributed by atoms with Gasteiger partial charge in [-0.15, -0.1) is 6.58 Å². The Morgan fingerprint density at radius 2 is 2.12 bits per heavy atom. The number of aliphatic carboxylic acids is 1. The first kappa shape index (κ1) is 16.1. The summed E-state index contributed by atoms with van der Waals surface area (Å²) in [6.45, 7) is 7.84. The molecule has 1 amide bonds. The fraction of sp³-hybridized carbons (Fsp3) is 0.400. The number of fused-ring (bicyclic) bond motifs is 1. The first-order valence-corrected chi connectivity index (χ1v) is 8.48. The highest BCUT2D eigenvalue weighted by Gasteiger charge is 2.69. The van der Waals surface area contributed by atoms with Crippen LogP contribution in [0.2, 0.25) is 0 Å². The molecule has 2 fully saturated rings. The van der Waals surface area contributed by atoms with E-state index in [1.165, 1.54) is 0 Å².